The van der Waals surface area contributed by atoms with Crippen LogP contribution in [0.3, 0.4) is 0 Å². The van der Waals surface area contributed by atoms with Gasteiger partial charge in [0.25, 0.3) is 0 Å². The second kappa shape index (κ2) is 3.68. The van der Waals surface area contributed by atoms with Crippen LogP contribution in [0.1, 0.15) is 0 Å². The molecule has 0 unspecified atom stereocenters. The Morgan fingerprint density at radius 3 is 2.67 bits per heavy atom. The summed E-state index contributed by atoms with van der Waals surface area (Å²) in [7, 11) is 0. The van der Waals surface area contributed by atoms with Gasteiger partial charge in [-0.1, -0.05) is 0 Å². The lowest BCUT2D eigenvalue weighted by molar-refractivity contribution is 0.122. The first-order chi connectivity index (χ1) is 5.88. The Labute approximate surface area is 83.0 Å². The van der Waals surface area contributed by atoms with Crippen LogP contribution in [0.25, 0.3) is 0 Å². The van der Waals surface area contributed by atoms with Crippen molar-refractivity contribution in [2.24, 2.45) is 0 Å². The van der Waals surface area contributed by atoms with Crippen LogP contribution in [0.15, 0.2) is 4.60 Å². The molecule has 2 heterocycles. The molecule has 0 aliphatic carbocycles. The number of rotatable bonds is 1. The Hall–Kier alpha value is -0.200. The third-order valence-corrected chi connectivity index (χ3v) is 3.03. The molecule has 1 aliphatic heterocycles. The third kappa shape index (κ3) is 1.60. The highest BCUT2D eigenvalue weighted by molar-refractivity contribution is 9.10. The third-order valence-electron chi connectivity index (χ3n) is 1.74. The average molecular weight is 250 g/mol. The molecule has 4 nitrogen and oxygen atoms in total. The van der Waals surface area contributed by atoms with Crippen LogP contribution in [0, 0.1) is 0 Å². The van der Waals surface area contributed by atoms with Gasteiger partial charge in [-0.05, 0) is 15.9 Å². The Kier molecular flexibility index (Phi) is 2.57. The fourth-order valence-corrected chi connectivity index (χ4v) is 2.26. The Morgan fingerprint density at radius 2 is 2.08 bits per heavy atom. The lowest BCUT2D eigenvalue weighted by Crippen LogP contribution is -2.36. The molecule has 6 heteroatoms. The summed E-state index contributed by atoms with van der Waals surface area (Å²) in [6.07, 6.45) is 0. The first-order valence-corrected chi connectivity index (χ1v) is 5.21. The smallest absolute Gasteiger partial charge is 0.177 e. The van der Waals surface area contributed by atoms with Gasteiger partial charge in [0.05, 0.1) is 24.9 Å². The molecule has 0 N–H and O–H groups in total. The molecule has 1 saturated heterocycles. The van der Waals surface area contributed by atoms with E-state index in [-0.39, 0.29) is 0 Å². The Morgan fingerprint density at radius 1 is 1.33 bits per heavy atom. The zero-order chi connectivity index (χ0) is 8.39. The zero-order valence-electron chi connectivity index (χ0n) is 6.36. The minimum Gasteiger partial charge on any atom is -0.378 e. The van der Waals surface area contributed by atoms with Crippen molar-refractivity contribution >= 4 is 33.5 Å². The molecule has 0 amide bonds. The van der Waals surface area contributed by atoms with Gasteiger partial charge in [-0.15, -0.1) is 0 Å². The number of ether oxygens (including phenoxy) is 1. The Bertz CT molecular complexity index is 261. The molecule has 0 saturated carbocycles. The second-order valence-electron chi connectivity index (χ2n) is 2.48. The highest BCUT2D eigenvalue weighted by Gasteiger charge is 2.16. The standard InChI is InChI=1S/C6H8BrN3OS/c7-5-6(9-12-8-5)10-1-3-11-4-2-10/h1-4H2. The van der Waals surface area contributed by atoms with Crippen molar-refractivity contribution < 1.29 is 4.74 Å². The summed E-state index contributed by atoms with van der Waals surface area (Å²) in [5.41, 5.74) is 0. The maximum absolute atomic E-state index is 5.24. The molecule has 2 rings (SSSR count). The fourth-order valence-electron chi connectivity index (χ4n) is 1.14. The number of halogens is 1. The number of anilines is 1. The minimum atomic E-state index is 0.782. The molecule has 0 atom stereocenters. The molecule has 0 radical (unpaired) electrons. The predicted octanol–water partition coefficient (Wildman–Crippen LogP) is 1.14. The van der Waals surface area contributed by atoms with Gasteiger partial charge in [-0.3, -0.25) is 0 Å². The summed E-state index contributed by atoms with van der Waals surface area (Å²) in [6, 6.07) is 0. The average Bonchev–Trinajstić information content (AvgIpc) is 2.53. The molecule has 66 valence electrons. The van der Waals surface area contributed by atoms with E-state index in [9.17, 15) is 0 Å². The summed E-state index contributed by atoms with van der Waals surface area (Å²) >= 11 is 4.59. The normalized spacial score (nSPS) is 18.2. The van der Waals surface area contributed by atoms with Gasteiger partial charge in [0.2, 0.25) is 0 Å². The number of hydrogen-bond donors (Lipinski definition) is 0. The molecule has 1 aromatic rings. The van der Waals surface area contributed by atoms with Gasteiger partial charge in [0.1, 0.15) is 0 Å². The van der Waals surface area contributed by atoms with Gasteiger partial charge in [0.15, 0.2) is 10.4 Å². The number of nitrogens with zero attached hydrogens (tertiary/aromatic N) is 3. The summed E-state index contributed by atoms with van der Waals surface area (Å²) in [6.45, 7) is 3.38. The van der Waals surface area contributed by atoms with Crippen LogP contribution in [0.4, 0.5) is 5.82 Å². The van der Waals surface area contributed by atoms with E-state index in [1.807, 2.05) is 0 Å². The highest BCUT2D eigenvalue weighted by Crippen LogP contribution is 2.23. The fraction of sp³-hybridized carbons (Fsp3) is 0.667. The zero-order valence-corrected chi connectivity index (χ0v) is 8.77. The first-order valence-electron chi connectivity index (χ1n) is 3.68. The van der Waals surface area contributed by atoms with Crippen LogP contribution in [0.5, 0.6) is 0 Å². The van der Waals surface area contributed by atoms with Gasteiger partial charge in [-0.25, -0.2) is 0 Å². The SMILES string of the molecule is Brc1nsnc1N1CCOCC1. The van der Waals surface area contributed by atoms with Gasteiger partial charge in [-0.2, -0.15) is 8.75 Å². The molecule has 0 aromatic carbocycles. The van der Waals surface area contributed by atoms with Gasteiger partial charge < -0.3 is 9.64 Å². The molecular weight excluding hydrogens is 242 g/mol. The second-order valence-corrected chi connectivity index (χ2v) is 3.76. The monoisotopic (exact) mass is 249 g/mol. The quantitative estimate of drug-likeness (QED) is 0.749. The lowest BCUT2D eigenvalue weighted by Gasteiger charge is -2.26. The van der Waals surface area contributed by atoms with Crippen LogP contribution in [-0.2, 0) is 4.74 Å². The summed E-state index contributed by atoms with van der Waals surface area (Å²) in [5.74, 6) is 0.948. The van der Waals surface area contributed by atoms with Crippen LogP contribution < -0.4 is 4.90 Å². The summed E-state index contributed by atoms with van der Waals surface area (Å²) < 4.78 is 14.3. The van der Waals surface area contributed by atoms with Crippen molar-refractivity contribution in [1.29, 1.82) is 0 Å². The highest BCUT2D eigenvalue weighted by atomic mass is 79.9. The minimum absolute atomic E-state index is 0.782. The number of aromatic nitrogens is 2. The van der Waals surface area contributed by atoms with Crippen molar-refractivity contribution in [3.8, 4) is 0 Å². The van der Waals surface area contributed by atoms with Gasteiger partial charge >= 0.3 is 0 Å². The molecule has 0 spiro atoms. The maximum Gasteiger partial charge on any atom is 0.177 e. The Balaban J connectivity index is 2.13. The van der Waals surface area contributed by atoms with Crippen molar-refractivity contribution in [2.75, 3.05) is 31.2 Å². The lowest BCUT2D eigenvalue weighted by atomic mass is 10.4. The molecule has 1 aromatic heterocycles. The summed E-state index contributed by atoms with van der Waals surface area (Å²) in [4.78, 5) is 2.18. The van der Waals surface area contributed by atoms with E-state index in [1.165, 1.54) is 11.7 Å². The molecular formula is C6H8BrN3OS. The van der Waals surface area contributed by atoms with E-state index in [0.29, 0.717) is 0 Å². The number of hydrogen-bond acceptors (Lipinski definition) is 5. The topological polar surface area (TPSA) is 38.2 Å². The predicted molar refractivity (Wildman–Crippen MR) is 50.6 cm³/mol. The molecule has 1 aliphatic rings. The number of morpholine rings is 1. The molecule has 0 bridgehead atoms. The van der Waals surface area contributed by atoms with E-state index < -0.39 is 0 Å². The van der Waals surface area contributed by atoms with Gasteiger partial charge in [0, 0.05) is 13.1 Å². The van der Waals surface area contributed by atoms with Crippen molar-refractivity contribution in [1.82, 2.24) is 8.75 Å². The van der Waals surface area contributed by atoms with E-state index in [1.54, 1.807) is 0 Å². The molecule has 1 fully saturated rings. The van der Waals surface area contributed by atoms with Crippen molar-refractivity contribution in [3.63, 3.8) is 0 Å². The van der Waals surface area contributed by atoms with E-state index in [2.05, 4.69) is 29.6 Å². The van der Waals surface area contributed by atoms with E-state index >= 15 is 0 Å². The summed E-state index contributed by atoms with van der Waals surface area (Å²) in [5, 5.41) is 0. The van der Waals surface area contributed by atoms with E-state index in [4.69, 9.17) is 4.74 Å². The van der Waals surface area contributed by atoms with E-state index in [0.717, 1.165) is 36.7 Å². The van der Waals surface area contributed by atoms with Crippen LogP contribution >= 0.6 is 27.7 Å². The first kappa shape index (κ1) is 8.40. The largest absolute Gasteiger partial charge is 0.378 e. The van der Waals surface area contributed by atoms with Crippen LogP contribution in [-0.4, -0.2) is 35.1 Å². The van der Waals surface area contributed by atoms with Crippen LogP contribution in [0.2, 0.25) is 0 Å². The maximum atomic E-state index is 5.24. The molecule has 12 heavy (non-hydrogen) atoms. The van der Waals surface area contributed by atoms with Crippen molar-refractivity contribution in [2.45, 2.75) is 0 Å². The van der Waals surface area contributed by atoms with Crippen molar-refractivity contribution in [3.05, 3.63) is 4.60 Å².